The predicted octanol–water partition coefficient (Wildman–Crippen LogP) is 4.68. The highest BCUT2D eigenvalue weighted by atomic mass is 16.5. The maximum Gasteiger partial charge on any atom is 0.335 e. The van der Waals surface area contributed by atoms with Crippen molar-refractivity contribution < 1.29 is 34.0 Å². The molecule has 0 aromatic heterocycles. The third-order valence-electron chi connectivity index (χ3n) is 3.85. The maximum absolute atomic E-state index is 11.0. The van der Waals surface area contributed by atoms with Crippen LogP contribution >= 0.6 is 0 Å². The van der Waals surface area contributed by atoms with Crippen molar-refractivity contribution in [2.24, 2.45) is 0 Å². The minimum Gasteiger partial charge on any atom is -0.481 e. The Morgan fingerprint density at radius 3 is 1.47 bits per heavy atom. The summed E-state index contributed by atoms with van der Waals surface area (Å²) in [6, 6.07) is 16.7. The zero-order valence-corrected chi connectivity index (χ0v) is 15.6. The van der Waals surface area contributed by atoms with Gasteiger partial charge in [-0.25, -0.2) is 9.59 Å². The Hall–Kier alpha value is -4.44. The first-order chi connectivity index (χ1) is 14.4. The van der Waals surface area contributed by atoms with E-state index < -0.39 is 11.9 Å². The van der Waals surface area contributed by atoms with Crippen molar-refractivity contribution in [2.75, 3.05) is 6.61 Å². The molecule has 0 aliphatic rings. The summed E-state index contributed by atoms with van der Waals surface area (Å²) in [5.74, 6) is 2.32. The fraction of sp³-hybridized carbons (Fsp3) is 0.0435. The van der Waals surface area contributed by atoms with Gasteiger partial charge >= 0.3 is 11.9 Å². The van der Waals surface area contributed by atoms with Gasteiger partial charge in [0.25, 0.3) is 0 Å². The monoisotopic (exact) mass is 404 g/mol. The van der Waals surface area contributed by atoms with E-state index in [1.54, 1.807) is 18.2 Å². The average Bonchev–Trinajstić information content (AvgIpc) is 2.73. The van der Waals surface area contributed by atoms with Crippen LogP contribution in [0, 0.1) is 12.3 Å². The number of carboxylic acids is 2. The second-order valence-electron chi connectivity index (χ2n) is 6.00. The molecule has 0 fully saturated rings. The van der Waals surface area contributed by atoms with Crippen molar-refractivity contribution in [1.82, 2.24) is 0 Å². The zero-order chi connectivity index (χ0) is 21.5. The standard InChI is InChI=1S/C23H16O7/c1-2-11-28-19-12-20(29-17-7-3-15(4-8-17)22(24)25)14-21(13-19)30-18-9-5-16(6-10-18)23(26)27/h1,3-10,12-14H,11H2,(H,24,25)(H,26,27). The molecule has 0 bridgehead atoms. The smallest absolute Gasteiger partial charge is 0.335 e. The van der Waals surface area contributed by atoms with Crippen LogP contribution in [0.15, 0.2) is 66.7 Å². The van der Waals surface area contributed by atoms with Crippen LogP contribution in [-0.2, 0) is 0 Å². The third kappa shape index (κ3) is 5.30. The molecule has 0 aliphatic carbocycles. The highest BCUT2D eigenvalue weighted by molar-refractivity contribution is 5.88. The molecule has 2 N–H and O–H groups in total. The summed E-state index contributed by atoms with van der Waals surface area (Å²) in [6.07, 6.45) is 5.24. The third-order valence-corrected chi connectivity index (χ3v) is 3.85. The number of hydrogen-bond acceptors (Lipinski definition) is 5. The summed E-state index contributed by atoms with van der Waals surface area (Å²) >= 11 is 0. The van der Waals surface area contributed by atoms with Crippen LogP contribution in [0.5, 0.6) is 28.7 Å². The van der Waals surface area contributed by atoms with Crippen molar-refractivity contribution >= 4 is 11.9 Å². The molecule has 0 radical (unpaired) electrons. The van der Waals surface area contributed by atoms with Gasteiger partial charge in [0.2, 0.25) is 0 Å². The van der Waals surface area contributed by atoms with Crippen LogP contribution in [0.3, 0.4) is 0 Å². The summed E-state index contributed by atoms with van der Waals surface area (Å²) in [5, 5.41) is 18.0. The molecule has 0 heterocycles. The van der Waals surface area contributed by atoms with E-state index in [-0.39, 0.29) is 17.7 Å². The fourth-order valence-electron chi connectivity index (χ4n) is 2.48. The van der Waals surface area contributed by atoms with Crippen molar-refractivity contribution in [1.29, 1.82) is 0 Å². The Morgan fingerprint density at radius 1 is 0.700 bits per heavy atom. The number of carbonyl (C=O) groups is 2. The molecule has 7 nitrogen and oxygen atoms in total. The van der Waals surface area contributed by atoms with Gasteiger partial charge in [0.1, 0.15) is 35.4 Å². The van der Waals surface area contributed by atoms with Crippen molar-refractivity contribution in [2.45, 2.75) is 0 Å². The van der Waals surface area contributed by atoms with Crippen LogP contribution in [0.1, 0.15) is 20.7 Å². The molecule has 0 atom stereocenters. The molecular weight excluding hydrogens is 388 g/mol. The molecule has 0 unspecified atom stereocenters. The van der Waals surface area contributed by atoms with E-state index in [4.69, 9.17) is 30.8 Å². The SMILES string of the molecule is C#CCOc1cc(Oc2ccc(C(=O)O)cc2)cc(Oc2ccc(C(=O)O)cc2)c1. The number of carboxylic acid groups (broad SMARTS) is 2. The van der Waals surface area contributed by atoms with Crippen LogP contribution in [-0.4, -0.2) is 28.8 Å². The van der Waals surface area contributed by atoms with E-state index in [2.05, 4.69) is 5.92 Å². The second kappa shape index (κ2) is 9.17. The number of benzene rings is 3. The topological polar surface area (TPSA) is 102 Å². The van der Waals surface area contributed by atoms with Crippen LogP contribution < -0.4 is 14.2 Å². The van der Waals surface area contributed by atoms with Crippen LogP contribution in [0.2, 0.25) is 0 Å². The Kier molecular flexibility index (Phi) is 6.20. The first kappa shape index (κ1) is 20.3. The zero-order valence-electron chi connectivity index (χ0n) is 15.6. The molecule has 0 aliphatic heterocycles. The Morgan fingerprint density at radius 2 is 1.10 bits per heavy atom. The van der Waals surface area contributed by atoms with E-state index >= 15 is 0 Å². The van der Waals surface area contributed by atoms with Gasteiger partial charge < -0.3 is 24.4 Å². The Labute approximate surface area is 172 Å². The first-order valence-electron chi connectivity index (χ1n) is 8.68. The van der Waals surface area contributed by atoms with E-state index in [0.717, 1.165) is 0 Å². The van der Waals surface area contributed by atoms with E-state index in [0.29, 0.717) is 28.7 Å². The fourth-order valence-corrected chi connectivity index (χ4v) is 2.48. The number of terminal acetylenes is 1. The molecule has 30 heavy (non-hydrogen) atoms. The van der Waals surface area contributed by atoms with Crippen molar-refractivity contribution in [3.63, 3.8) is 0 Å². The summed E-state index contributed by atoms with van der Waals surface area (Å²) < 4.78 is 17.0. The van der Waals surface area contributed by atoms with Gasteiger partial charge in [-0.05, 0) is 48.5 Å². The predicted molar refractivity (Wildman–Crippen MR) is 108 cm³/mol. The van der Waals surface area contributed by atoms with E-state index in [1.807, 2.05) is 0 Å². The van der Waals surface area contributed by atoms with Gasteiger partial charge in [-0.2, -0.15) is 0 Å². The minimum atomic E-state index is -1.03. The largest absolute Gasteiger partial charge is 0.481 e. The summed E-state index contributed by atoms with van der Waals surface area (Å²) in [5.41, 5.74) is 0.282. The molecule has 0 amide bonds. The Balaban J connectivity index is 1.84. The van der Waals surface area contributed by atoms with Gasteiger partial charge in [-0.15, -0.1) is 6.42 Å². The highest BCUT2D eigenvalue weighted by Gasteiger charge is 2.09. The lowest BCUT2D eigenvalue weighted by Crippen LogP contribution is -1.97. The van der Waals surface area contributed by atoms with E-state index in [9.17, 15) is 9.59 Å². The molecule has 150 valence electrons. The minimum absolute atomic E-state index is 0.0451. The first-order valence-corrected chi connectivity index (χ1v) is 8.68. The van der Waals surface area contributed by atoms with Crippen molar-refractivity contribution in [3.05, 3.63) is 77.9 Å². The molecule has 0 saturated carbocycles. The normalized spacial score (nSPS) is 9.97. The highest BCUT2D eigenvalue weighted by Crippen LogP contribution is 2.33. The lowest BCUT2D eigenvalue weighted by atomic mass is 10.2. The number of ether oxygens (including phenoxy) is 3. The van der Waals surface area contributed by atoms with E-state index in [1.165, 1.54) is 48.5 Å². The van der Waals surface area contributed by atoms with Gasteiger partial charge in [-0.3, -0.25) is 0 Å². The summed E-state index contributed by atoms with van der Waals surface area (Å²) in [6.45, 7) is 0.0451. The average molecular weight is 404 g/mol. The van der Waals surface area contributed by atoms with Crippen LogP contribution in [0.4, 0.5) is 0 Å². The summed E-state index contributed by atoms with van der Waals surface area (Å²) in [4.78, 5) is 21.9. The van der Waals surface area contributed by atoms with Crippen LogP contribution in [0.25, 0.3) is 0 Å². The van der Waals surface area contributed by atoms with Gasteiger partial charge in [-0.1, -0.05) is 5.92 Å². The lowest BCUT2D eigenvalue weighted by molar-refractivity contribution is 0.0686. The number of rotatable bonds is 8. The Bertz CT molecular complexity index is 1020. The van der Waals surface area contributed by atoms with Gasteiger partial charge in [0, 0.05) is 18.2 Å². The molecular formula is C23H16O7. The lowest BCUT2D eigenvalue weighted by Gasteiger charge is -2.12. The maximum atomic E-state index is 11.0. The second-order valence-corrected chi connectivity index (χ2v) is 6.00. The van der Waals surface area contributed by atoms with Gasteiger partial charge in [0.05, 0.1) is 11.1 Å². The molecule has 0 spiro atoms. The number of hydrogen-bond donors (Lipinski definition) is 2. The molecule has 3 aromatic carbocycles. The molecule has 3 aromatic rings. The molecule has 7 heteroatoms. The quantitative estimate of drug-likeness (QED) is 0.526. The van der Waals surface area contributed by atoms with Gasteiger partial charge in [0.15, 0.2) is 0 Å². The number of aromatic carboxylic acids is 2. The molecule has 0 saturated heterocycles. The van der Waals surface area contributed by atoms with Crippen molar-refractivity contribution in [3.8, 4) is 41.1 Å². The molecule has 3 rings (SSSR count). The summed E-state index contributed by atoms with van der Waals surface area (Å²) in [7, 11) is 0.